The molecule has 7 nitrogen and oxygen atoms in total. The molecule has 0 spiro atoms. The first kappa shape index (κ1) is 17.7. The van der Waals surface area contributed by atoms with Crippen LogP contribution in [0.15, 0.2) is 24.3 Å². The molecule has 0 aliphatic carbocycles. The summed E-state index contributed by atoms with van der Waals surface area (Å²) >= 11 is 0. The number of hydrogen-bond acceptors (Lipinski definition) is 7. The van der Waals surface area contributed by atoms with E-state index in [1.165, 1.54) is 0 Å². The minimum atomic E-state index is -4.44. The highest BCUT2D eigenvalue weighted by Gasteiger charge is 2.30. The molecule has 0 heterocycles. The normalized spacial score (nSPS) is 10.3. The minimum absolute atomic E-state index is 0. The van der Waals surface area contributed by atoms with Gasteiger partial charge in [0.05, 0.1) is 5.56 Å². The van der Waals surface area contributed by atoms with E-state index in [9.17, 15) is 13.2 Å². The molecule has 1 rings (SSSR count). The van der Waals surface area contributed by atoms with Gasteiger partial charge in [-0.15, -0.1) is 0 Å². The van der Waals surface area contributed by atoms with Gasteiger partial charge in [0.2, 0.25) is 0 Å². The summed E-state index contributed by atoms with van der Waals surface area (Å²) in [6, 6.07) is 3.50. The molecule has 1 aromatic rings. The topological polar surface area (TPSA) is 109 Å². The molecular formula is C7H8B2F3O7. The van der Waals surface area contributed by atoms with Gasteiger partial charge in [-0.3, -0.25) is 5.26 Å². The van der Waals surface area contributed by atoms with Crippen molar-refractivity contribution in [2.24, 2.45) is 0 Å². The molecule has 105 valence electrons. The molecule has 0 saturated heterocycles. The van der Waals surface area contributed by atoms with Crippen LogP contribution in [0.1, 0.15) is 5.56 Å². The molecule has 0 aromatic heterocycles. The fourth-order valence-electron chi connectivity index (χ4n) is 0.814. The molecule has 0 unspecified atom stereocenters. The SMILES string of the molecule is OOB(O)OOc1ccc(C(F)(F)F)cc1.O[B]O. The molecule has 0 aliphatic heterocycles. The van der Waals surface area contributed by atoms with Gasteiger partial charge in [0.15, 0.2) is 5.75 Å². The molecule has 12 heteroatoms. The quantitative estimate of drug-likeness (QED) is 0.349. The van der Waals surface area contributed by atoms with E-state index in [1.54, 1.807) is 0 Å². The van der Waals surface area contributed by atoms with E-state index in [4.69, 9.17) is 20.3 Å². The fraction of sp³-hybridized carbons (Fsp3) is 0.143. The average Bonchev–Trinajstić information content (AvgIpc) is 2.36. The predicted molar refractivity (Wildman–Crippen MR) is 55.0 cm³/mol. The van der Waals surface area contributed by atoms with Crippen LogP contribution in [-0.4, -0.2) is 35.3 Å². The molecule has 4 N–H and O–H groups in total. The number of benzene rings is 1. The lowest BCUT2D eigenvalue weighted by atomic mass is 10.2. The van der Waals surface area contributed by atoms with Crippen molar-refractivity contribution in [3.8, 4) is 5.75 Å². The summed E-state index contributed by atoms with van der Waals surface area (Å²) in [5.41, 5.74) is -0.848. The molecule has 19 heavy (non-hydrogen) atoms. The molecule has 1 radical (unpaired) electrons. The standard InChI is InChI=1S/C7H6BF3O5.BH2O2/c9-7(10,11)5-1-3-6(4-2-5)14-16-8(12)15-13;2-1-3/h1-4,12-13H;2-3H. The van der Waals surface area contributed by atoms with Crippen LogP contribution in [0.5, 0.6) is 5.75 Å². The highest BCUT2D eigenvalue weighted by atomic mass is 19.4. The van der Waals surface area contributed by atoms with E-state index in [2.05, 4.69) is 14.5 Å². The fourth-order valence-corrected chi connectivity index (χ4v) is 0.814. The first-order valence-corrected chi connectivity index (χ1v) is 4.44. The lowest BCUT2D eigenvalue weighted by molar-refractivity contribution is -0.229. The van der Waals surface area contributed by atoms with Crippen LogP contribution < -0.4 is 4.89 Å². The molecule has 0 saturated carbocycles. The second-order valence-corrected chi connectivity index (χ2v) is 2.73. The minimum Gasteiger partial charge on any atom is -0.429 e. The van der Waals surface area contributed by atoms with Gasteiger partial charge in [0.25, 0.3) is 0 Å². The summed E-state index contributed by atoms with van der Waals surface area (Å²) in [6.45, 7) is 0. The molecule has 0 fully saturated rings. The van der Waals surface area contributed by atoms with Crippen molar-refractivity contribution >= 4 is 15.0 Å². The maximum Gasteiger partial charge on any atom is 0.703 e. The Balaban J connectivity index is 0.000000982. The second kappa shape index (κ2) is 8.74. The van der Waals surface area contributed by atoms with Crippen molar-refractivity contribution in [1.82, 2.24) is 0 Å². The second-order valence-electron chi connectivity index (χ2n) is 2.73. The van der Waals surface area contributed by atoms with Crippen LogP contribution in [-0.2, 0) is 15.8 Å². The Hall–Kier alpha value is -1.30. The summed E-state index contributed by atoms with van der Waals surface area (Å²) in [4.78, 5) is 11.6. The van der Waals surface area contributed by atoms with E-state index in [-0.39, 0.29) is 13.4 Å². The molecule has 0 bridgehead atoms. The summed E-state index contributed by atoms with van der Waals surface area (Å²) in [6.07, 6.45) is -4.44. The third-order valence-corrected chi connectivity index (χ3v) is 1.50. The smallest absolute Gasteiger partial charge is 0.429 e. The van der Waals surface area contributed by atoms with Crippen LogP contribution >= 0.6 is 0 Å². The van der Waals surface area contributed by atoms with Crippen molar-refractivity contribution in [2.45, 2.75) is 6.18 Å². The zero-order valence-electron chi connectivity index (χ0n) is 9.11. The van der Waals surface area contributed by atoms with Gasteiger partial charge in [0, 0.05) is 0 Å². The predicted octanol–water partition coefficient (Wildman–Crippen LogP) is -0.0122. The van der Waals surface area contributed by atoms with Crippen molar-refractivity contribution < 1.29 is 48.0 Å². The van der Waals surface area contributed by atoms with E-state index in [0.717, 1.165) is 24.3 Å². The Morgan fingerprint density at radius 1 is 1.11 bits per heavy atom. The lowest BCUT2D eigenvalue weighted by Gasteiger charge is -2.08. The monoisotopic (exact) mass is 283 g/mol. The Morgan fingerprint density at radius 2 is 1.58 bits per heavy atom. The van der Waals surface area contributed by atoms with Gasteiger partial charge >= 0.3 is 21.2 Å². The summed E-state index contributed by atoms with van der Waals surface area (Å²) in [5.74, 6) is -0.0934. The Kier molecular flexibility index (Phi) is 8.14. The van der Waals surface area contributed by atoms with Gasteiger partial charge in [-0.1, -0.05) is 0 Å². The number of hydrogen-bond donors (Lipinski definition) is 4. The van der Waals surface area contributed by atoms with Crippen LogP contribution in [0, 0.1) is 0 Å². The Labute approximate surface area is 106 Å². The number of rotatable bonds is 4. The number of halogens is 3. The third kappa shape index (κ3) is 7.66. The first-order valence-electron chi connectivity index (χ1n) is 4.44. The molecule has 0 amide bonds. The third-order valence-electron chi connectivity index (χ3n) is 1.50. The van der Waals surface area contributed by atoms with Crippen LogP contribution in [0.3, 0.4) is 0 Å². The van der Waals surface area contributed by atoms with Gasteiger partial charge in [-0.05, 0) is 24.3 Å². The van der Waals surface area contributed by atoms with Gasteiger partial charge < -0.3 is 20.0 Å². The zero-order valence-corrected chi connectivity index (χ0v) is 9.11. The Bertz CT molecular complexity index is 348. The highest BCUT2D eigenvalue weighted by Crippen LogP contribution is 2.30. The van der Waals surface area contributed by atoms with Gasteiger partial charge in [0.1, 0.15) is 0 Å². The molecule has 0 aliphatic rings. The maximum atomic E-state index is 12.1. The summed E-state index contributed by atoms with van der Waals surface area (Å²) in [7, 11) is -2.04. The average molecular weight is 283 g/mol. The van der Waals surface area contributed by atoms with Gasteiger partial charge in [-0.25, -0.2) is 4.81 Å². The summed E-state index contributed by atoms with van der Waals surface area (Å²) in [5, 5.41) is 30.4. The first-order chi connectivity index (χ1) is 8.85. The van der Waals surface area contributed by atoms with E-state index < -0.39 is 19.1 Å². The lowest BCUT2D eigenvalue weighted by Crippen LogP contribution is -2.22. The van der Waals surface area contributed by atoms with Crippen molar-refractivity contribution in [2.75, 3.05) is 0 Å². The van der Waals surface area contributed by atoms with E-state index in [1.807, 2.05) is 0 Å². The zero-order chi connectivity index (χ0) is 14.9. The van der Waals surface area contributed by atoms with Crippen molar-refractivity contribution in [1.29, 1.82) is 0 Å². The highest BCUT2D eigenvalue weighted by molar-refractivity contribution is 6.33. The molecule has 0 atom stereocenters. The van der Waals surface area contributed by atoms with E-state index in [0.29, 0.717) is 0 Å². The molecule has 1 aromatic carbocycles. The largest absolute Gasteiger partial charge is 0.703 e. The Morgan fingerprint density at radius 3 is 1.95 bits per heavy atom. The van der Waals surface area contributed by atoms with Crippen molar-refractivity contribution in [3.63, 3.8) is 0 Å². The molecular weight excluding hydrogens is 275 g/mol. The number of alkyl halides is 3. The van der Waals surface area contributed by atoms with Crippen molar-refractivity contribution in [3.05, 3.63) is 29.8 Å². The summed E-state index contributed by atoms with van der Waals surface area (Å²) < 4.78 is 36.4. The van der Waals surface area contributed by atoms with Crippen LogP contribution in [0.25, 0.3) is 0 Å². The van der Waals surface area contributed by atoms with Gasteiger partial charge in [-0.2, -0.15) is 18.0 Å². The van der Waals surface area contributed by atoms with Crippen LogP contribution in [0.4, 0.5) is 13.2 Å². The van der Waals surface area contributed by atoms with E-state index >= 15 is 0 Å². The maximum absolute atomic E-state index is 12.1. The van der Waals surface area contributed by atoms with Crippen LogP contribution in [0.2, 0.25) is 0 Å².